The van der Waals surface area contributed by atoms with E-state index >= 15 is 0 Å². The van der Waals surface area contributed by atoms with Crippen LogP contribution >= 0.6 is 0 Å². The van der Waals surface area contributed by atoms with Crippen molar-refractivity contribution >= 4 is 17.3 Å². The van der Waals surface area contributed by atoms with Gasteiger partial charge in [0, 0.05) is 24.4 Å². The minimum atomic E-state index is -0.238. The van der Waals surface area contributed by atoms with Gasteiger partial charge in [0.15, 0.2) is 6.61 Å². The van der Waals surface area contributed by atoms with Crippen LogP contribution in [0.3, 0.4) is 0 Å². The van der Waals surface area contributed by atoms with Crippen LogP contribution in [0.5, 0.6) is 11.5 Å². The number of rotatable bonds is 8. The third-order valence-corrected chi connectivity index (χ3v) is 6.14. The van der Waals surface area contributed by atoms with Crippen LogP contribution in [-0.2, 0) is 4.79 Å². The second-order valence-corrected chi connectivity index (χ2v) is 8.35. The third-order valence-electron chi connectivity index (χ3n) is 6.14. The first-order valence-electron chi connectivity index (χ1n) is 11.6. The summed E-state index contributed by atoms with van der Waals surface area (Å²) in [5.74, 6) is 1.10. The summed E-state index contributed by atoms with van der Waals surface area (Å²) in [5, 5.41) is 6.27. The highest BCUT2D eigenvalue weighted by molar-refractivity contribution is 6.03. The molecule has 0 saturated heterocycles. The van der Waals surface area contributed by atoms with E-state index in [0.29, 0.717) is 17.9 Å². The minimum Gasteiger partial charge on any atom is -0.497 e. The molecule has 1 aliphatic heterocycles. The van der Waals surface area contributed by atoms with Crippen LogP contribution in [0.15, 0.2) is 109 Å². The lowest BCUT2D eigenvalue weighted by atomic mass is 9.98. The van der Waals surface area contributed by atoms with E-state index in [1.807, 2.05) is 85.1 Å². The highest BCUT2D eigenvalue weighted by Crippen LogP contribution is 2.34. The van der Waals surface area contributed by atoms with Crippen LogP contribution in [0.2, 0.25) is 0 Å². The van der Waals surface area contributed by atoms with Crippen LogP contribution in [0.25, 0.3) is 5.70 Å². The van der Waals surface area contributed by atoms with Crippen molar-refractivity contribution in [2.45, 2.75) is 12.5 Å². The Morgan fingerprint density at radius 3 is 2.50 bits per heavy atom. The number of methoxy groups -OCH3 is 1. The number of hydrogen-bond acceptors (Lipinski definition) is 5. The minimum absolute atomic E-state index is 0.160. The number of amides is 1. The van der Waals surface area contributed by atoms with Gasteiger partial charge in [-0.1, -0.05) is 61.2 Å². The molecule has 5 rings (SSSR count). The monoisotopic (exact) mass is 478 g/mol. The molecule has 1 amide bonds. The summed E-state index contributed by atoms with van der Waals surface area (Å²) in [6.45, 7) is 4.00. The summed E-state index contributed by atoms with van der Waals surface area (Å²) in [4.78, 5) is 17.5. The highest BCUT2D eigenvalue weighted by atomic mass is 16.5. The van der Waals surface area contributed by atoms with Gasteiger partial charge < -0.3 is 14.0 Å². The number of aromatic nitrogens is 2. The van der Waals surface area contributed by atoms with Crippen LogP contribution in [0.1, 0.15) is 29.2 Å². The Labute approximate surface area is 209 Å². The second kappa shape index (κ2) is 10.3. The van der Waals surface area contributed by atoms with Gasteiger partial charge in [-0.2, -0.15) is 5.10 Å². The number of benzene rings is 3. The fourth-order valence-electron chi connectivity index (χ4n) is 4.23. The normalized spacial score (nSPS) is 14.9. The van der Waals surface area contributed by atoms with E-state index in [1.165, 1.54) is 5.01 Å². The number of ether oxygens (including phenoxy) is 2. The zero-order valence-corrected chi connectivity index (χ0v) is 19.9. The fraction of sp³-hybridized carbons (Fsp3) is 0.138. The molecule has 0 fully saturated rings. The van der Waals surface area contributed by atoms with Crippen molar-refractivity contribution < 1.29 is 14.3 Å². The van der Waals surface area contributed by atoms with E-state index in [1.54, 1.807) is 24.2 Å². The van der Waals surface area contributed by atoms with Crippen molar-refractivity contribution in [2.24, 2.45) is 5.10 Å². The Hall–Kier alpha value is -4.65. The van der Waals surface area contributed by atoms with Gasteiger partial charge in [-0.15, -0.1) is 0 Å². The SMILES string of the molecule is C=C(c1ccccc1OCC(=O)N1N=C(c2ccccc2)CC1c1ccc(OC)cc1)n1ccnc1. The largest absolute Gasteiger partial charge is 0.497 e. The maximum atomic E-state index is 13.4. The van der Waals surface area contributed by atoms with Gasteiger partial charge in [0.2, 0.25) is 0 Å². The van der Waals surface area contributed by atoms with Crippen molar-refractivity contribution in [2.75, 3.05) is 13.7 Å². The Bertz CT molecular complexity index is 1380. The summed E-state index contributed by atoms with van der Waals surface area (Å²) >= 11 is 0. The molecule has 1 aromatic heterocycles. The average Bonchev–Trinajstić information content (AvgIpc) is 3.63. The molecule has 4 aromatic rings. The number of imidazole rings is 1. The van der Waals surface area contributed by atoms with Crippen molar-refractivity contribution in [3.63, 3.8) is 0 Å². The molecular formula is C29H26N4O3. The summed E-state index contributed by atoms with van der Waals surface area (Å²) in [5.41, 5.74) is 4.32. The number of hydrogen-bond donors (Lipinski definition) is 0. The maximum absolute atomic E-state index is 13.4. The molecule has 0 aliphatic carbocycles. The van der Waals surface area contributed by atoms with E-state index in [9.17, 15) is 4.79 Å². The van der Waals surface area contributed by atoms with Gasteiger partial charge in [-0.25, -0.2) is 9.99 Å². The molecule has 7 nitrogen and oxygen atoms in total. The summed E-state index contributed by atoms with van der Waals surface area (Å²) in [7, 11) is 1.63. The summed E-state index contributed by atoms with van der Waals surface area (Å²) in [6, 6.07) is 24.9. The van der Waals surface area contributed by atoms with Gasteiger partial charge in [0.05, 0.1) is 30.9 Å². The quantitative estimate of drug-likeness (QED) is 0.351. The Balaban J connectivity index is 1.38. The summed E-state index contributed by atoms with van der Waals surface area (Å²) < 4.78 is 13.1. The average molecular weight is 479 g/mol. The highest BCUT2D eigenvalue weighted by Gasteiger charge is 2.33. The van der Waals surface area contributed by atoms with Crippen LogP contribution in [0, 0.1) is 0 Å². The van der Waals surface area contributed by atoms with Crippen LogP contribution in [0.4, 0.5) is 0 Å². The number of nitrogens with zero attached hydrogens (tertiary/aromatic N) is 4. The molecule has 0 N–H and O–H groups in total. The molecule has 0 radical (unpaired) electrons. The first-order valence-corrected chi connectivity index (χ1v) is 11.6. The van der Waals surface area contributed by atoms with Crippen molar-refractivity contribution in [3.8, 4) is 11.5 Å². The van der Waals surface area contributed by atoms with Crippen molar-refractivity contribution in [1.82, 2.24) is 14.6 Å². The van der Waals surface area contributed by atoms with E-state index in [4.69, 9.17) is 14.6 Å². The first kappa shape index (κ1) is 23.1. The van der Waals surface area contributed by atoms with Gasteiger partial charge in [0.25, 0.3) is 5.91 Å². The molecule has 2 heterocycles. The van der Waals surface area contributed by atoms with Crippen LogP contribution < -0.4 is 9.47 Å². The second-order valence-electron chi connectivity index (χ2n) is 8.35. The molecule has 1 aliphatic rings. The summed E-state index contributed by atoms with van der Waals surface area (Å²) in [6.07, 6.45) is 5.78. The number of hydrazone groups is 1. The van der Waals surface area contributed by atoms with Crippen molar-refractivity contribution in [3.05, 3.63) is 121 Å². The number of para-hydroxylation sites is 1. The van der Waals surface area contributed by atoms with Gasteiger partial charge in [-0.3, -0.25) is 4.79 Å². The van der Waals surface area contributed by atoms with Gasteiger partial charge >= 0.3 is 0 Å². The van der Waals surface area contributed by atoms with E-state index < -0.39 is 0 Å². The van der Waals surface area contributed by atoms with Crippen molar-refractivity contribution in [1.29, 1.82) is 0 Å². The molecule has 180 valence electrons. The van der Waals surface area contributed by atoms with E-state index in [0.717, 1.165) is 28.2 Å². The molecule has 0 saturated carbocycles. The zero-order valence-electron chi connectivity index (χ0n) is 19.9. The smallest absolute Gasteiger partial charge is 0.281 e. The molecule has 7 heteroatoms. The number of carbonyl (C=O) groups is 1. The lowest BCUT2D eigenvalue weighted by Crippen LogP contribution is -2.31. The molecule has 1 atom stereocenters. The molecule has 0 spiro atoms. The lowest BCUT2D eigenvalue weighted by molar-refractivity contribution is -0.135. The predicted octanol–water partition coefficient (Wildman–Crippen LogP) is 5.17. The standard InChI is InChI=1S/C29H26N4O3/c1-21(32-17-16-30-20-32)25-10-6-7-11-28(25)36-19-29(34)33-27(23-12-14-24(35-2)15-13-23)18-26(31-33)22-8-4-3-5-9-22/h3-17,20,27H,1,18-19H2,2H3. The van der Waals surface area contributed by atoms with E-state index in [-0.39, 0.29) is 18.6 Å². The Morgan fingerprint density at radius 1 is 1.03 bits per heavy atom. The Morgan fingerprint density at radius 2 is 1.78 bits per heavy atom. The third kappa shape index (κ3) is 4.77. The van der Waals surface area contributed by atoms with Gasteiger partial charge in [0.1, 0.15) is 11.5 Å². The molecular weight excluding hydrogens is 452 g/mol. The van der Waals surface area contributed by atoms with Gasteiger partial charge in [-0.05, 0) is 35.4 Å². The van der Waals surface area contributed by atoms with E-state index in [2.05, 4.69) is 11.6 Å². The molecule has 3 aromatic carbocycles. The number of carbonyl (C=O) groups excluding carboxylic acids is 1. The predicted molar refractivity (Wildman–Crippen MR) is 139 cm³/mol. The molecule has 0 bridgehead atoms. The molecule has 36 heavy (non-hydrogen) atoms. The maximum Gasteiger partial charge on any atom is 0.281 e. The Kier molecular flexibility index (Phi) is 6.62. The zero-order chi connectivity index (χ0) is 24.9. The first-order chi connectivity index (χ1) is 17.6. The topological polar surface area (TPSA) is 68.9 Å². The molecule has 1 unspecified atom stereocenters. The lowest BCUT2D eigenvalue weighted by Gasteiger charge is -2.22. The fourth-order valence-corrected chi connectivity index (χ4v) is 4.23. The van der Waals surface area contributed by atoms with Crippen LogP contribution in [-0.4, -0.2) is 39.9 Å².